The Morgan fingerprint density at radius 3 is 2.50 bits per heavy atom. The molecule has 2 aromatic rings. The second-order valence-corrected chi connectivity index (χ2v) is 9.41. The maximum atomic E-state index is 14.7. The van der Waals surface area contributed by atoms with Crippen LogP contribution in [-0.2, 0) is 9.61 Å². The van der Waals surface area contributed by atoms with E-state index in [1.165, 1.54) is 17.8 Å². The highest BCUT2D eigenvalue weighted by atomic mass is 32.2. The first-order valence-electron chi connectivity index (χ1n) is 10.3. The standard InChI is InChI=1S/C23H25F2N5OS/c1-22(2)20(27-28-21(22)31-3)30-23(12-7-13-26,15-8-5-4-6-9-15)32-19(29-30)17-14-16(24)10-11-18(17)25/h4-6,8-11,14H,7,12-13,26H2,1-3H3. The van der Waals surface area contributed by atoms with Crippen molar-refractivity contribution in [3.05, 3.63) is 71.3 Å². The molecule has 32 heavy (non-hydrogen) atoms. The molecule has 4 rings (SSSR count). The Kier molecular flexibility index (Phi) is 6.05. The van der Waals surface area contributed by atoms with E-state index in [0.29, 0.717) is 36.2 Å². The van der Waals surface area contributed by atoms with E-state index < -0.39 is 21.9 Å². The molecule has 0 spiro atoms. The maximum absolute atomic E-state index is 14.7. The van der Waals surface area contributed by atoms with Crippen molar-refractivity contribution in [2.24, 2.45) is 26.5 Å². The Hall–Kier alpha value is -2.78. The number of thioether (sulfide) groups is 1. The van der Waals surface area contributed by atoms with Crippen LogP contribution in [0.15, 0.2) is 63.8 Å². The number of rotatable bonds is 5. The predicted octanol–water partition coefficient (Wildman–Crippen LogP) is 4.67. The molecule has 0 aliphatic carbocycles. The third-order valence-corrected chi connectivity index (χ3v) is 7.07. The summed E-state index contributed by atoms with van der Waals surface area (Å²) in [6.07, 6.45) is 1.30. The van der Waals surface area contributed by atoms with Crippen molar-refractivity contribution in [1.29, 1.82) is 0 Å². The van der Waals surface area contributed by atoms with Crippen LogP contribution >= 0.6 is 11.8 Å². The molecule has 0 bridgehead atoms. The molecule has 1 unspecified atom stereocenters. The van der Waals surface area contributed by atoms with Crippen molar-refractivity contribution in [3.63, 3.8) is 0 Å². The molecule has 2 N–H and O–H groups in total. The van der Waals surface area contributed by atoms with Crippen LogP contribution < -0.4 is 5.73 Å². The number of halogens is 2. The molecule has 6 nitrogen and oxygen atoms in total. The quantitative estimate of drug-likeness (QED) is 0.708. The lowest BCUT2D eigenvalue weighted by Crippen LogP contribution is -2.48. The number of methoxy groups -OCH3 is 1. The van der Waals surface area contributed by atoms with Crippen molar-refractivity contribution in [3.8, 4) is 0 Å². The third-order valence-electron chi connectivity index (χ3n) is 5.63. The summed E-state index contributed by atoms with van der Waals surface area (Å²) in [7, 11) is 1.55. The van der Waals surface area contributed by atoms with Gasteiger partial charge in [-0.1, -0.05) is 42.1 Å². The lowest BCUT2D eigenvalue weighted by atomic mass is 9.89. The molecule has 2 heterocycles. The van der Waals surface area contributed by atoms with Crippen LogP contribution in [0.2, 0.25) is 0 Å². The van der Waals surface area contributed by atoms with Crippen molar-refractivity contribution in [2.75, 3.05) is 13.7 Å². The van der Waals surface area contributed by atoms with E-state index in [0.717, 1.165) is 17.7 Å². The first-order chi connectivity index (χ1) is 15.3. The Morgan fingerprint density at radius 1 is 1.09 bits per heavy atom. The Bertz CT molecular complexity index is 1100. The number of nitrogens with zero attached hydrogens (tertiary/aromatic N) is 4. The van der Waals surface area contributed by atoms with Gasteiger partial charge in [0.15, 0.2) is 5.84 Å². The molecule has 2 aliphatic rings. The summed E-state index contributed by atoms with van der Waals surface area (Å²) in [4.78, 5) is -0.760. The third kappa shape index (κ3) is 3.69. The fraction of sp³-hybridized carbons (Fsp3) is 0.348. The number of hydrazone groups is 1. The zero-order chi connectivity index (χ0) is 22.9. The summed E-state index contributed by atoms with van der Waals surface area (Å²) in [6.45, 7) is 4.37. The van der Waals surface area contributed by atoms with E-state index >= 15 is 0 Å². The minimum atomic E-state index is -0.760. The van der Waals surface area contributed by atoms with Crippen LogP contribution in [0.3, 0.4) is 0 Å². The van der Waals surface area contributed by atoms with Gasteiger partial charge in [-0.3, -0.25) is 0 Å². The van der Waals surface area contributed by atoms with Crippen LogP contribution in [0.1, 0.15) is 37.8 Å². The molecule has 0 radical (unpaired) electrons. The van der Waals surface area contributed by atoms with Gasteiger partial charge in [0.1, 0.15) is 27.0 Å². The minimum absolute atomic E-state index is 0.106. The van der Waals surface area contributed by atoms with Crippen LogP contribution in [-0.4, -0.2) is 35.4 Å². The summed E-state index contributed by atoms with van der Waals surface area (Å²) >= 11 is 1.37. The van der Waals surface area contributed by atoms with E-state index in [1.807, 2.05) is 44.2 Å². The van der Waals surface area contributed by atoms with Gasteiger partial charge in [-0.25, -0.2) is 13.8 Å². The smallest absolute Gasteiger partial charge is 0.221 e. The molecule has 9 heteroatoms. The van der Waals surface area contributed by atoms with Gasteiger partial charge in [0.2, 0.25) is 5.90 Å². The molecule has 0 saturated heterocycles. The Labute approximate surface area is 190 Å². The predicted molar refractivity (Wildman–Crippen MR) is 124 cm³/mol. The van der Waals surface area contributed by atoms with Gasteiger partial charge < -0.3 is 10.5 Å². The average molecular weight is 458 g/mol. The molecule has 0 amide bonds. The zero-order valence-corrected chi connectivity index (χ0v) is 19.0. The first kappa shape index (κ1) is 22.4. The van der Waals surface area contributed by atoms with Gasteiger partial charge in [0, 0.05) is 5.56 Å². The van der Waals surface area contributed by atoms with Crippen molar-refractivity contribution < 1.29 is 13.5 Å². The lowest BCUT2D eigenvalue weighted by Gasteiger charge is -2.39. The minimum Gasteiger partial charge on any atom is -0.482 e. The largest absolute Gasteiger partial charge is 0.482 e. The maximum Gasteiger partial charge on any atom is 0.221 e. The number of nitrogens with two attached hydrogens (primary N) is 1. The van der Waals surface area contributed by atoms with Crippen LogP contribution in [0, 0.1) is 17.0 Å². The van der Waals surface area contributed by atoms with Gasteiger partial charge >= 0.3 is 0 Å². The second kappa shape index (κ2) is 8.63. The summed E-state index contributed by atoms with van der Waals surface area (Å²) in [5, 5.41) is 15.6. The van der Waals surface area contributed by atoms with Crippen molar-refractivity contribution >= 4 is 28.5 Å². The molecular formula is C23H25F2N5OS. The molecule has 0 fully saturated rings. The topological polar surface area (TPSA) is 75.6 Å². The summed E-state index contributed by atoms with van der Waals surface area (Å²) in [5.74, 6) is -0.0471. The Morgan fingerprint density at radius 2 is 1.84 bits per heavy atom. The normalized spacial score (nSPS) is 21.9. The van der Waals surface area contributed by atoms with Crippen molar-refractivity contribution in [1.82, 2.24) is 5.01 Å². The highest BCUT2D eigenvalue weighted by Crippen LogP contribution is 2.52. The molecule has 1 atom stereocenters. The zero-order valence-electron chi connectivity index (χ0n) is 18.2. The summed E-state index contributed by atoms with van der Waals surface area (Å²) in [5.41, 5.74) is 6.28. The summed E-state index contributed by atoms with van der Waals surface area (Å²) in [6, 6.07) is 13.2. The van der Waals surface area contributed by atoms with Crippen LogP contribution in [0.25, 0.3) is 0 Å². The fourth-order valence-electron chi connectivity index (χ4n) is 3.95. The molecule has 0 aromatic heterocycles. The van der Waals surface area contributed by atoms with Gasteiger partial charge in [-0.15, -0.1) is 10.2 Å². The van der Waals surface area contributed by atoms with E-state index in [-0.39, 0.29) is 5.56 Å². The fourth-order valence-corrected chi connectivity index (χ4v) is 5.37. The Balaban J connectivity index is 1.89. The second-order valence-electron chi connectivity index (χ2n) is 8.14. The van der Waals surface area contributed by atoms with E-state index in [1.54, 1.807) is 12.1 Å². The number of hydrogen-bond acceptors (Lipinski definition) is 7. The molecular weight excluding hydrogens is 432 g/mol. The summed E-state index contributed by atoms with van der Waals surface area (Å²) < 4.78 is 34.2. The van der Waals surface area contributed by atoms with Crippen molar-refractivity contribution in [2.45, 2.75) is 31.6 Å². The van der Waals surface area contributed by atoms with Gasteiger partial charge in [-0.05, 0) is 57.0 Å². The lowest BCUT2D eigenvalue weighted by molar-refractivity contribution is 0.257. The number of hydrogen-bond donors (Lipinski definition) is 1. The SMILES string of the molecule is COC1=NN=C(N2N=C(c3cc(F)ccc3F)SC2(CCCN)c2ccccc2)C1(C)C. The van der Waals surface area contributed by atoms with Crippen LogP contribution in [0.4, 0.5) is 8.78 Å². The van der Waals surface area contributed by atoms with E-state index in [9.17, 15) is 8.78 Å². The number of amidine groups is 1. The van der Waals surface area contributed by atoms with E-state index in [4.69, 9.17) is 15.6 Å². The van der Waals surface area contributed by atoms with Crippen LogP contribution in [0.5, 0.6) is 0 Å². The van der Waals surface area contributed by atoms with E-state index in [2.05, 4.69) is 10.2 Å². The van der Waals surface area contributed by atoms with Gasteiger partial charge in [0.05, 0.1) is 7.11 Å². The highest BCUT2D eigenvalue weighted by Gasteiger charge is 2.53. The molecule has 0 saturated carbocycles. The molecule has 2 aliphatic heterocycles. The molecule has 2 aromatic carbocycles. The number of ether oxygens (including phenoxy) is 1. The number of benzene rings is 2. The average Bonchev–Trinajstić information content (AvgIpc) is 3.31. The van der Waals surface area contributed by atoms with Gasteiger partial charge in [0.25, 0.3) is 0 Å². The first-order valence-corrected chi connectivity index (χ1v) is 11.1. The highest BCUT2D eigenvalue weighted by molar-refractivity contribution is 8.15. The monoisotopic (exact) mass is 457 g/mol. The van der Waals surface area contributed by atoms with Gasteiger partial charge in [-0.2, -0.15) is 5.10 Å². The molecule has 168 valence electrons.